The highest BCUT2D eigenvalue weighted by Crippen LogP contribution is 2.45. The van der Waals surface area contributed by atoms with Crippen molar-refractivity contribution in [1.29, 1.82) is 0 Å². The molecular formula is C31H37N2O3+. The normalized spacial score (nSPS) is 21.6. The molecule has 2 aliphatic carbocycles. The number of ether oxygens (including phenoxy) is 2. The summed E-state index contributed by atoms with van der Waals surface area (Å²) in [5.74, 6) is 0.546. The van der Waals surface area contributed by atoms with Gasteiger partial charge in [-0.2, -0.15) is 0 Å². The molecule has 4 rings (SSSR count). The van der Waals surface area contributed by atoms with E-state index in [1.54, 1.807) is 6.92 Å². The highest BCUT2D eigenvalue weighted by molar-refractivity contribution is 6.04. The number of rotatable bonds is 8. The van der Waals surface area contributed by atoms with Crippen LogP contribution in [0.1, 0.15) is 38.8 Å². The maximum Gasteiger partial charge on any atom is 0.333 e. The number of fused-ring (bicyclic) bond motifs is 2. The van der Waals surface area contributed by atoms with Crippen LogP contribution in [0, 0.1) is 5.92 Å². The fourth-order valence-corrected chi connectivity index (χ4v) is 4.88. The molecule has 1 aromatic carbocycles. The van der Waals surface area contributed by atoms with Gasteiger partial charge in [0.05, 0.1) is 6.08 Å². The summed E-state index contributed by atoms with van der Waals surface area (Å²) in [6, 6.07) is 8.18. The molecule has 2 unspecified atom stereocenters. The van der Waals surface area contributed by atoms with Gasteiger partial charge in [-0.25, -0.2) is 9.37 Å². The molecule has 2 atom stereocenters. The molecule has 3 aliphatic rings. The summed E-state index contributed by atoms with van der Waals surface area (Å²) in [6.45, 7) is 14.9. The van der Waals surface area contributed by atoms with Gasteiger partial charge in [0.15, 0.2) is 0 Å². The Morgan fingerprint density at radius 3 is 2.58 bits per heavy atom. The number of hydrogen-bond acceptors (Lipinski definition) is 4. The molecule has 0 aromatic heterocycles. The smallest absolute Gasteiger partial charge is 0.333 e. The molecule has 0 fully saturated rings. The number of allylic oxidation sites excluding steroid dienone is 4. The van der Waals surface area contributed by atoms with Crippen LogP contribution in [0.4, 0.5) is 0 Å². The SMILES string of the molecule is C=C(C)C(=O)OCc1ccccc1C1=C2C=CC(=[N+](C)CC)C=C2OC2C=C(N(CC)CC)C=CC12. The van der Waals surface area contributed by atoms with Gasteiger partial charge in [0.25, 0.3) is 0 Å². The van der Waals surface area contributed by atoms with E-state index in [9.17, 15) is 4.79 Å². The van der Waals surface area contributed by atoms with Gasteiger partial charge >= 0.3 is 5.97 Å². The van der Waals surface area contributed by atoms with Gasteiger partial charge in [-0.15, -0.1) is 0 Å². The first kappa shape index (κ1) is 25.5. The zero-order valence-corrected chi connectivity index (χ0v) is 22.1. The first-order chi connectivity index (χ1) is 17.4. The predicted molar refractivity (Wildman–Crippen MR) is 145 cm³/mol. The van der Waals surface area contributed by atoms with Crippen LogP contribution in [-0.2, 0) is 20.9 Å². The third-order valence-corrected chi connectivity index (χ3v) is 7.07. The molecule has 0 radical (unpaired) electrons. The number of esters is 1. The van der Waals surface area contributed by atoms with Crippen LogP contribution in [0.5, 0.6) is 0 Å². The van der Waals surface area contributed by atoms with Crippen LogP contribution in [0.15, 0.2) is 89.9 Å². The second kappa shape index (κ2) is 11.0. The van der Waals surface area contributed by atoms with Crippen LogP contribution >= 0.6 is 0 Å². The molecule has 1 heterocycles. The maximum atomic E-state index is 12.1. The minimum Gasteiger partial charge on any atom is -0.484 e. The van der Waals surface area contributed by atoms with E-state index in [1.165, 1.54) is 11.3 Å². The first-order valence-corrected chi connectivity index (χ1v) is 12.8. The van der Waals surface area contributed by atoms with Crippen LogP contribution in [0.2, 0.25) is 0 Å². The summed E-state index contributed by atoms with van der Waals surface area (Å²) < 4.78 is 14.4. The van der Waals surface area contributed by atoms with Crippen molar-refractivity contribution in [3.05, 3.63) is 101 Å². The summed E-state index contributed by atoms with van der Waals surface area (Å²) in [6.07, 6.45) is 13.1. The quantitative estimate of drug-likeness (QED) is 0.280. The summed E-state index contributed by atoms with van der Waals surface area (Å²) in [5.41, 5.74) is 7.02. The van der Waals surface area contributed by atoms with Crippen LogP contribution in [0.3, 0.4) is 0 Å². The van der Waals surface area contributed by atoms with Crippen LogP contribution in [-0.4, -0.2) is 53.9 Å². The van der Waals surface area contributed by atoms with Crippen molar-refractivity contribution in [2.75, 3.05) is 26.7 Å². The van der Waals surface area contributed by atoms with Crippen molar-refractivity contribution in [2.45, 2.75) is 40.4 Å². The molecule has 0 amide bonds. The van der Waals surface area contributed by atoms with Crippen LogP contribution < -0.4 is 0 Å². The summed E-state index contributed by atoms with van der Waals surface area (Å²) in [5, 5.41) is 0. The lowest BCUT2D eigenvalue weighted by atomic mass is 9.77. The summed E-state index contributed by atoms with van der Waals surface area (Å²) >= 11 is 0. The third-order valence-electron chi connectivity index (χ3n) is 7.07. The van der Waals surface area contributed by atoms with Gasteiger partial charge in [-0.05, 0) is 62.6 Å². The van der Waals surface area contributed by atoms with Crippen LogP contribution in [0.25, 0.3) is 5.57 Å². The van der Waals surface area contributed by atoms with Crippen molar-refractivity contribution >= 4 is 17.3 Å². The zero-order chi connectivity index (χ0) is 25.8. The number of carbonyl (C=O) groups is 1. The number of benzene rings is 1. The molecule has 0 saturated heterocycles. The molecule has 0 saturated carbocycles. The van der Waals surface area contributed by atoms with Gasteiger partial charge in [0.2, 0.25) is 5.71 Å². The average molecular weight is 486 g/mol. The Hall–Kier alpha value is -3.60. The lowest BCUT2D eigenvalue weighted by Crippen LogP contribution is -2.34. The lowest BCUT2D eigenvalue weighted by molar-refractivity contribution is -0.491. The van der Waals surface area contributed by atoms with E-state index in [1.807, 2.05) is 18.2 Å². The van der Waals surface area contributed by atoms with E-state index < -0.39 is 0 Å². The van der Waals surface area contributed by atoms with Crippen molar-refractivity contribution in [2.24, 2.45) is 5.92 Å². The standard InChI is InChI=1S/C31H37N2O3/c1-7-32(6)23-14-16-26-28(18-23)36-29-19-24(33(8-2)9-3)15-17-27(29)30(26)25-13-11-10-12-22(25)20-35-31(34)21(4)5/h10-19,27,29H,4,7-9,20H2,1-3,5-6H3/q+1. The highest BCUT2D eigenvalue weighted by atomic mass is 16.5. The van der Waals surface area contributed by atoms with Crippen molar-refractivity contribution in [3.8, 4) is 0 Å². The fourth-order valence-electron chi connectivity index (χ4n) is 4.88. The Labute approximate surface area is 215 Å². The summed E-state index contributed by atoms with van der Waals surface area (Å²) in [4.78, 5) is 14.5. The molecular weight excluding hydrogens is 448 g/mol. The fraction of sp³-hybridized carbons (Fsp3) is 0.355. The van der Waals surface area contributed by atoms with Crippen molar-refractivity contribution < 1.29 is 18.8 Å². The third kappa shape index (κ3) is 5.01. The minimum atomic E-state index is -0.378. The first-order valence-electron chi connectivity index (χ1n) is 12.8. The maximum absolute atomic E-state index is 12.1. The van der Waals surface area contributed by atoms with Gasteiger partial charge in [-0.3, -0.25) is 0 Å². The lowest BCUT2D eigenvalue weighted by Gasteiger charge is -2.38. The average Bonchev–Trinajstić information content (AvgIpc) is 2.90. The van der Waals surface area contributed by atoms with E-state index in [-0.39, 0.29) is 24.6 Å². The molecule has 0 spiro atoms. The van der Waals surface area contributed by atoms with Gasteiger partial charge in [0.1, 0.15) is 32.1 Å². The second-order valence-electron chi connectivity index (χ2n) is 9.35. The van der Waals surface area contributed by atoms with E-state index in [2.05, 4.69) is 86.4 Å². The van der Waals surface area contributed by atoms with Gasteiger partial charge in [-0.1, -0.05) is 36.9 Å². The van der Waals surface area contributed by atoms with Crippen molar-refractivity contribution in [1.82, 2.24) is 4.90 Å². The van der Waals surface area contributed by atoms with E-state index in [0.717, 1.165) is 47.8 Å². The van der Waals surface area contributed by atoms with Gasteiger partial charge in [0, 0.05) is 41.9 Å². The topological polar surface area (TPSA) is 41.8 Å². The Morgan fingerprint density at radius 1 is 1.14 bits per heavy atom. The molecule has 188 valence electrons. The largest absolute Gasteiger partial charge is 0.484 e. The Kier molecular flexibility index (Phi) is 7.78. The number of carbonyl (C=O) groups excluding carboxylic acids is 1. The number of likely N-dealkylation sites (N-methyl/N-ethyl adjacent to an activating group) is 1. The molecule has 5 nitrogen and oxygen atoms in total. The predicted octanol–water partition coefficient (Wildman–Crippen LogP) is 5.43. The molecule has 1 aliphatic heterocycles. The Bertz CT molecular complexity index is 1240. The Balaban J connectivity index is 1.83. The molecule has 36 heavy (non-hydrogen) atoms. The van der Waals surface area contributed by atoms with E-state index in [4.69, 9.17) is 9.47 Å². The number of nitrogens with zero attached hydrogens (tertiary/aromatic N) is 2. The van der Waals surface area contributed by atoms with Crippen molar-refractivity contribution in [3.63, 3.8) is 0 Å². The Morgan fingerprint density at radius 2 is 1.89 bits per heavy atom. The number of hydrogen-bond donors (Lipinski definition) is 0. The van der Waals surface area contributed by atoms with Gasteiger partial charge < -0.3 is 14.4 Å². The van der Waals surface area contributed by atoms with E-state index in [0.29, 0.717) is 5.57 Å². The minimum absolute atomic E-state index is 0.0459. The molecule has 1 aromatic rings. The zero-order valence-electron chi connectivity index (χ0n) is 22.1. The second-order valence-corrected chi connectivity index (χ2v) is 9.35. The molecule has 5 heteroatoms. The molecule has 0 bridgehead atoms. The summed E-state index contributed by atoms with van der Waals surface area (Å²) in [7, 11) is 2.09. The van der Waals surface area contributed by atoms with E-state index >= 15 is 0 Å². The molecule has 0 N–H and O–H groups in total. The monoisotopic (exact) mass is 485 g/mol. The highest BCUT2D eigenvalue weighted by Gasteiger charge is 2.37.